The minimum absolute atomic E-state index is 0.355. The number of pyridine rings is 1. The van der Waals surface area contributed by atoms with Crippen LogP contribution in [0, 0.1) is 5.92 Å². The summed E-state index contributed by atoms with van der Waals surface area (Å²) in [6, 6.07) is 4.09. The number of rotatable bonds is 5. The predicted molar refractivity (Wildman–Crippen MR) is 75.6 cm³/mol. The summed E-state index contributed by atoms with van der Waals surface area (Å²) in [7, 11) is 1.38. The van der Waals surface area contributed by atoms with Crippen LogP contribution in [0.1, 0.15) is 35.8 Å². The number of aromatic nitrogens is 2. The second-order valence-electron chi connectivity index (χ2n) is 5.38. The molecular weight excluding hydrogens is 254 g/mol. The molecule has 1 aliphatic rings. The largest absolute Gasteiger partial charge is 0.465 e. The lowest BCUT2D eigenvalue weighted by atomic mass is 10.2. The highest BCUT2D eigenvalue weighted by Crippen LogP contribution is 2.32. The molecule has 20 heavy (non-hydrogen) atoms. The fourth-order valence-electron chi connectivity index (χ4n) is 2.45. The van der Waals surface area contributed by atoms with Gasteiger partial charge in [0.1, 0.15) is 5.56 Å². The molecule has 0 radical (unpaired) electrons. The molecule has 0 aromatic carbocycles. The Morgan fingerprint density at radius 2 is 2.40 bits per heavy atom. The zero-order valence-corrected chi connectivity index (χ0v) is 11.8. The minimum Gasteiger partial charge on any atom is -0.465 e. The standard InChI is InChI=1S/C15H19N3O2/c1-10(11-5-6-11)16-8-12-9-18-7-3-4-13(14(18)17-12)15(19)20-2/h3-4,7,9-11,16H,5-6,8H2,1-2H3/t10-/m0/s1. The number of imidazole rings is 1. The Hall–Kier alpha value is -1.88. The molecule has 1 fully saturated rings. The van der Waals surface area contributed by atoms with Crippen LogP contribution in [-0.2, 0) is 11.3 Å². The second-order valence-corrected chi connectivity index (χ2v) is 5.38. The lowest BCUT2D eigenvalue weighted by Gasteiger charge is -2.10. The maximum Gasteiger partial charge on any atom is 0.341 e. The van der Waals surface area contributed by atoms with E-state index in [-0.39, 0.29) is 5.97 Å². The van der Waals surface area contributed by atoms with Crippen LogP contribution in [0.4, 0.5) is 0 Å². The van der Waals surface area contributed by atoms with Gasteiger partial charge in [-0.2, -0.15) is 0 Å². The summed E-state index contributed by atoms with van der Waals surface area (Å²) < 4.78 is 6.65. The first-order valence-electron chi connectivity index (χ1n) is 6.97. The number of esters is 1. The lowest BCUT2D eigenvalue weighted by molar-refractivity contribution is 0.0602. The SMILES string of the molecule is COC(=O)c1cccn2cc(CN[C@@H](C)C3CC3)nc12. The van der Waals surface area contributed by atoms with E-state index in [4.69, 9.17) is 4.74 Å². The van der Waals surface area contributed by atoms with E-state index >= 15 is 0 Å². The van der Waals surface area contributed by atoms with Crippen molar-refractivity contribution in [1.29, 1.82) is 0 Å². The lowest BCUT2D eigenvalue weighted by Crippen LogP contribution is -2.27. The molecule has 1 atom stereocenters. The number of methoxy groups -OCH3 is 1. The van der Waals surface area contributed by atoms with E-state index in [0.29, 0.717) is 17.3 Å². The molecule has 1 N–H and O–H groups in total. The van der Waals surface area contributed by atoms with Gasteiger partial charge in [-0.05, 0) is 37.8 Å². The topological polar surface area (TPSA) is 55.6 Å². The summed E-state index contributed by atoms with van der Waals surface area (Å²) in [5, 5.41) is 3.49. The van der Waals surface area contributed by atoms with Gasteiger partial charge in [-0.1, -0.05) is 0 Å². The minimum atomic E-state index is -0.355. The van der Waals surface area contributed by atoms with E-state index in [1.807, 2.05) is 22.9 Å². The highest BCUT2D eigenvalue weighted by molar-refractivity contribution is 5.95. The number of carbonyl (C=O) groups is 1. The highest BCUT2D eigenvalue weighted by Gasteiger charge is 2.27. The van der Waals surface area contributed by atoms with Crippen molar-refractivity contribution in [2.75, 3.05) is 7.11 Å². The molecule has 2 aromatic heterocycles. The molecule has 1 saturated carbocycles. The monoisotopic (exact) mass is 273 g/mol. The normalized spacial score (nSPS) is 16.3. The molecule has 0 amide bonds. The van der Waals surface area contributed by atoms with Crippen LogP contribution in [0.5, 0.6) is 0 Å². The second kappa shape index (κ2) is 5.25. The first-order valence-corrected chi connectivity index (χ1v) is 6.97. The number of ether oxygens (including phenoxy) is 1. The zero-order chi connectivity index (χ0) is 14.1. The van der Waals surface area contributed by atoms with Gasteiger partial charge in [0.15, 0.2) is 5.65 Å². The average molecular weight is 273 g/mol. The van der Waals surface area contributed by atoms with Gasteiger partial charge in [0, 0.05) is 25.0 Å². The molecule has 106 valence electrons. The van der Waals surface area contributed by atoms with Gasteiger partial charge >= 0.3 is 5.97 Å². The van der Waals surface area contributed by atoms with Crippen LogP contribution in [0.15, 0.2) is 24.5 Å². The van der Waals surface area contributed by atoms with Gasteiger partial charge in [-0.15, -0.1) is 0 Å². The van der Waals surface area contributed by atoms with Crippen molar-refractivity contribution in [1.82, 2.24) is 14.7 Å². The van der Waals surface area contributed by atoms with E-state index in [1.54, 1.807) is 6.07 Å². The van der Waals surface area contributed by atoms with Crippen LogP contribution in [0.25, 0.3) is 5.65 Å². The molecule has 5 heteroatoms. The molecule has 0 bridgehead atoms. The third kappa shape index (κ3) is 2.54. The highest BCUT2D eigenvalue weighted by atomic mass is 16.5. The molecule has 2 aromatic rings. The van der Waals surface area contributed by atoms with Crippen molar-refractivity contribution in [3.63, 3.8) is 0 Å². The molecule has 0 unspecified atom stereocenters. The van der Waals surface area contributed by atoms with Crippen molar-refractivity contribution in [2.24, 2.45) is 5.92 Å². The van der Waals surface area contributed by atoms with Crippen molar-refractivity contribution in [3.8, 4) is 0 Å². The van der Waals surface area contributed by atoms with Crippen molar-refractivity contribution >= 4 is 11.6 Å². The Morgan fingerprint density at radius 3 is 3.10 bits per heavy atom. The summed E-state index contributed by atoms with van der Waals surface area (Å²) in [4.78, 5) is 16.2. The van der Waals surface area contributed by atoms with Crippen LogP contribution in [-0.4, -0.2) is 28.5 Å². The molecule has 5 nitrogen and oxygen atoms in total. The Kier molecular flexibility index (Phi) is 3.44. The molecule has 0 saturated heterocycles. The van der Waals surface area contributed by atoms with Gasteiger partial charge in [0.25, 0.3) is 0 Å². The Morgan fingerprint density at radius 1 is 1.60 bits per heavy atom. The summed E-state index contributed by atoms with van der Waals surface area (Å²) in [5.41, 5.74) is 2.08. The third-order valence-corrected chi connectivity index (χ3v) is 3.87. The quantitative estimate of drug-likeness (QED) is 0.847. The Balaban J connectivity index is 1.80. The maximum atomic E-state index is 11.7. The Labute approximate surface area is 118 Å². The van der Waals surface area contributed by atoms with Gasteiger partial charge in [-0.3, -0.25) is 0 Å². The number of carbonyl (C=O) groups excluding carboxylic acids is 1. The van der Waals surface area contributed by atoms with Gasteiger partial charge in [0.05, 0.1) is 12.8 Å². The average Bonchev–Trinajstić information content (AvgIpc) is 3.23. The van der Waals surface area contributed by atoms with Crippen molar-refractivity contribution in [2.45, 2.75) is 32.4 Å². The van der Waals surface area contributed by atoms with E-state index in [2.05, 4.69) is 17.2 Å². The van der Waals surface area contributed by atoms with Gasteiger partial charge in [-0.25, -0.2) is 9.78 Å². The summed E-state index contributed by atoms with van der Waals surface area (Å²) >= 11 is 0. The van der Waals surface area contributed by atoms with Crippen LogP contribution < -0.4 is 5.32 Å². The molecular formula is C15H19N3O2. The number of fused-ring (bicyclic) bond motifs is 1. The fourth-order valence-corrected chi connectivity index (χ4v) is 2.45. The van der Waals surface area contributed by atoms with Crippen LogP contribution in [0.3, 0.4) is 0 Å². The molecule has 0 spiro atoms. The number of nitrogens with one attached hydrogen (secondary N) is 1. The third-order valence-electron chi connectivity index (χ3n) is 3.87. The fraction of sp³-hybridized carbons (Fsp3) is 0.467. The first kappa shape index (κ1) is 13.1. The molecule has 0 aliphatic heterocycles. The van der Waals surface area contributed by atoms with Gasteiger partial charge in [0.2, 0.25) is 0 Å². The number of hydrogen-bond donors (Lipinski definition) is 1. The van der Waals surface area contributed by atoms with E-state index in [9.17, 15) is 4.79 Å². The molecule has 2 heterocycles. The summed E-state index contributed by atoms with van der Waals surface area (Å²) in [6.45, 7) is 2.94. The molecule has 1 aliphatic carbocycles. The Bertz CT molecular complexity index is 631. The van der Waals surface area contributed by atoms with Crippen LogP contribution in [0.2, 0.25) is 0 Å². The first-order chi connectivity index (χ1) is 9.69. The van der Waals surface area contributed by atoms with E-state index < -0.39 is 0 Å². The predicted octanol–water partition coefficient (Wildman–Crippen LogP) is 2.01. The van der Waals surface area contributed by atoms with E-state index in [1.165, 1.54) is 20.0 Å². The molecule has 3 rings (SSSR count). The van der Waals surface area contributed by atoms with Crippen molar-refractivity contribution < 1.29 is 9.53 Å². The summed E-state index contributed by atoms with van der Waals surface area (Å²) in [5.74, 6) is 0.463. The van der Waals surface area contributed by atoms with E-state index in [0.717, 1.165) is 18.2 Å². The smallest absolute Gasteiger partial charge is 0.341 e. The van der Waals surface area contributed by atoms with Crippen LogP contribution >= 0.6 is 0 Å². The van der Waals surface area contributed by atoms with Gasteiger partial charge < -0.3 is 14.5 Å². The number of nitrogens with zero attached hydrogens (tertiary/aromatic N) is 2. The maximum absolute atomic E-state index is 11.7. The summed E-state index contributed by atoms with van der Waals surface area (Å²) in [6.07, 6.45) is 6.49. The number of hydrogen-bond acceptors (Lipinski definition) is 4. The van der Waals surface area contributed by atoms with Crippen molar-refractivity contribution in [3.05, 3.63) is 35.8 Å². The zero-order valence-electron chi connectivity index (χ0n) is 11.8.